The number of hydrogen-bond acceptors (Lipinski definition) is 9. The molecule has 43 heavy (non-hydrogen) atoms. The van der Waals surface area contributed by atoms with Crippen molar-refractivity contribution in [3.05, 3.63) is 87.8 Å². The fourth-order valence-corrected chi connectivity index (χ4v) is 4.50. The zero-order valence-corrected chi connectivity index (χ0v) is 24.8. The number of aromatic carboxylic acids is 1. The van der Waals surface area contributed by atoms with Gasteiger partial charge in [-0.15, -0.1) is 0 Å². The first-order valence-corrected chi connectivity index (χ1v) is 13.6. The van der Waals surface area contributed by atoms with E-state index in [0.29, 0.717) is 29.7 Å². The Kier molecular flexibility index (Phi) is 12.2. The van der Waals surface area contributed by atoms with Gasteiger partial charge in [0.05, 0.1) is 18.8 Å². The molecular weight excluding hydrogens is 558 g/mol. The molecule has 1 aliphatic rings. The number of esters is 1. The van der Waals surface area contributed by atoms with E-state index in [1.54, 1.807) is 81.5 Å². The van der Waals surface area contributed by atoms with Gasteiger partial charge in [0.15, 0.2) is 12.6 Å². The lowest BCUT2D eigenvalue weighted by molar-refractivity contribution is -0.152. The fraction of sp³-hybridized carbons (Fsp3) is 0.419. The van der Waals surface area contributed by atoms with Crippen LogP contribution in [0.3, 0.4) is 0 Å². The van der Waals surface area contributed by atoms with Crippen LogP contribution in [0.2, 0.25) is 0 Å². The van der Waals surface area contributed by atoms with E-state index in [9.17, 15) is 14.7 Å². The molecule has 1 heterocycles. The molecule has 0 aromatic heterocycles. The summed E-state index contributed by atoms with van der Waals surface area (Å²) in [6.07, 6.45) is 5.48. The Balaban J connectivity index is 1.90. The molecule has 0 radical (unpaired) electrons. The third-order valence-corrected chi connectivity index (χ3v) is 6.40. The largest absolute Gasteiger partial charge is 0.497 e. The summed E-state index contributed by atoms with van der Waals surface area (Å²) >= 11 is 0. The van der Waals surface area contributed by atoms with Crippen LogP contribution < -0.4 is 9.47 Å². The van der Waals surface area contributed by atoms with Crippen molar-refractivity contribution >= 4 is 18.0 Å². The predicted octanol–water partition coefficient (Wildman–Crippen LogP) is 6.17. The second-order valence-corrected chi connectivity index (χ2v) is 10.2. The van der Waals surface area contributed by atoms with Crippen molar-refractivity contribution in [2.45, 2.75) is 63.8 Å². The minimum absolute atomic E-state index is 0.0543. The first-order chi connectivity index (χ1) is 20.6. The maximum absolute atomic E-state index is 13.0. The highest BCUT2D eigenvalue weighted by Gasteiger charge is 2.45. The van der Waals surface area contributed by atoms with Crippen LogP contribution in [0.1, 0.15) is 59.9 Å². The highest BCUT2D eigenvalue weighted by Crippen LogP contribution is 2.35. The number of nitrogens with zero attached hydrogens (tertiary/aromatic N) is 3. The molecular formula is C31H37N3O9. The van der Waals surface area contributed by atoms with Crippen LogP contribution in [-0.2, 0) is 18.9 Å². The zero-order chi connectivity index (χ0) is 31.4. The summed E-state index contributed by atoms with van der Waals surface area (Å²) in [6.45, 7) is 5.16. The van der Waals surface area contributed by atoms with Crippen LogP contribution in [0.5, 0.6) is 11.5 Å². The number of benzene rings is 2. The second-order valence-electron chi connectivity index (χ2n) is 10.2. The number of carboxylic acid groups (broad SMARTS) is 1. The molecule has 1 fully saturated rings. The molecule has 12 heteroatoms. The van der Waals surface area contributed by atoms with Crippen molar-refractivity contribution in [2.24, 2.45) is 5.11 Å². The van der Waals surface area contributed by atoms with E-state index in [1.165, 1.54) is 20.3 Å². The molecule has 4 atom stereocenters. The molecule has 3 rings (SSSR count). The summed E-state index contributed by atoms with van der Waals surface area (Å²) in [4.78, 5) is 28.0. The molecule has 1 saturated heterocycles. The van der Waals surface area contributed by atoms with Gasteiger partial charge in [-0.05, 0) is 62.1 Å². The first-order valence-electron chi connectivity index (χ1n) is 13.6. The standard InChI is InChI=1S/C31H37N3O9/c1-20(33-34-32)11-9-15-24(41-30(37)21-12-7-6-8-13-21)28-25(42-31(2,3)43-28)16-10-14-22-17-23(39-5)18-26(40-19-38-4)27(22)29(35)36/h6-10,12-15,17-18,20,24-25,28H,11,16,19H2,1-5H3,(H,35,36)/t20-,24?,25-,28?/m0/s1. The molecule has 1 N–H and O–H groups in total. The molecule has 0 spiro atoms. The van der Waals surface area contributed by atoms with Gasteiger partial charge < -0.3 is 33.5 Å². The SMILES string of the molecule is COCOc1cc(OC)cc(C=CC[C@@H]2OC(C)(C)OC2C(C=CC[C@H](C)N=[N+]=[N-])OC(=O)c2ccccc2)c1C(=O)O. The Morgan fingerprint density at radius 1 is 1.16 bits per heavy atom. The van der Waals surface area contributed by atoms with Crippen molar-refractivity contribution in [3.8, 4) is 11.5 Å². The molecule has 0 bridgehead atoms. The average Bonchev–Trinajstić information content (AvgIpc) is 3.29. The molecule has 2 unspecified atom stereocenters. The Bertz CT molecular complexity index is 1350. The van der Waals surface area contributed by atoms with E-state index >= 15 is 0 Å². The lowest BCUT2D eigenvalue weighted by Crippen LogP contribution is -2.37. The smallest absolute Gasteiger partial charge is 0.340 e. The number of ether oxygens (including phenoxy) is 6. The van der Waals surface area contributed by atoms with Crippen molar-refractivity contribution in [1.29, 1.82) is 0 Å². The molecule has 0 aliphatic carbocycles. The van der Waals surface area contributed by atoms with Gasteiger partial charge in [-0.25, -0.2) is 9.59 Å². The maximum atomic E-state index is 13.0. The van der Waals surface area contributed by atoms with Crippen molar-refractivity contribution in [3.63, 3.8) is 0 Å². The predicted molar refractivity (Wildman–Crippen MR) is 158 cm³/mol. The molecule has 2 aromatic carbocycles. The number of carboxylic acids is 1. The molecule has 12 nitrogen and oxygen atoms in total. The summed E-state index contributed by atoms with van der Waals surface area (Å²) in [5.74, 6) is -2.20. The number of hydrogen-bond donors (Lipinski definition) is 1. The van der Waals surface area contributed by atoms with Gasteiger partial charge in [0.2, 0.25) is 0 Å². The van der Waals surface area contributed by atoms with E-state index in [0.717, 1.165) is 0 Å². The first kappa shape index (κ1) is 33.2. The van der Waals surface area contributed by atoms with Crippen molar-refractivity contribution in [2.75, 3.05) is 21.0 Å². The Morgan fingerprint density at radius 2 is 1.91 bits per heavy atom. The monoisotopic (exact) mass is 595 g/mol. The Hall–Kier alpha value is -4.35. The number of methoxy groups -OCH3 is 2. The highest BCUT2D eigenvalue weighted by atomic mass is 16.8. The van der Waals surface area contributed by atoms with Gasteiger partial charge in [-0.3, -0.25) is 0 Å². The summed E-state index contributed by atoms with van der Waals surface area (Å²) in [6, 6.07) is 11.4. The van der Waals surface area contributed by atoms with E-state index in [2.05, 4.69) is 10.0 Å². The van der Waals surface area contributed by atoms with Gasteiger partial charge in [0, 0.05) is 24.1 Å². The van der Waals surface area contributed by atoms with Gasteiger partial charge in [0.25, 0.3) is 0 Å². The Morgan fingerprint density at radius 3 is 2.56 bits per heavy atom. The van der Waals surface area contributed by atoms with Crippen molar-refractivity contribution < 1.29 is 43.1 Å². The van der Waals surface area contributed by atoms with E-state index < -0.39 is 36.0 Å². The molecule has 1 aliphatic heterocycles. The average molecular weight is 596 g/mol. The third kappa shape index (κ3) is 9.59. The van der Waals surface area contributed by atoms with Crippen LogP contribution >= 0.6 is 0 Å². The lowest BCUT2D eigenvalue weighted by atomic mass is 10.0. The van der Waals surface area contributed by atoms with Gasteiger partial charge in [-0.2, -0.15) is 0 Å². The maximum Gasteiger partial charge on any atom is 0.340 e. The zero-order valence-electron chi connectivity index (χ0n) is 24.8. The van der Waals surface area contributed by atoms with Gasteiger partial charge in [0.1, 0.15) is 29.3 Å². The fourth-order valence-electron chi connectivity index (χ4n) is 4.50. The summed E-state index contributed by atoms with van der Waals surface area (Å²) in [7, 11) is 2.90. The summed E-state index contributed by atoms with van der Waals surface area (Å²) in [5.41, 5.74) is 9.40. The molecule has 0 saturated carbocycles. The number of carbonyl (C=O) groups excluding carboxylic acids is 1. The summed E-state index contributed by atoms with van der Waals surface area (Å²) in [5, 5.41) is 13.6. The second kappa shape index (κ2) is 15.8. The topological polar surface area (TPSA) is 159 Å². The van der Waals surface area contributed by atoms with Gasteiger partial charge >= 0.3 is 11.9 Å². The van der Waals surface area contributed by atoms with E-state index in [1.807, 2.05) is 0 Å². The van der Waals surface area contributed by atoms with E-state index in [-0.39, 0.29) is 24.1 Å². The van der Waals surface area contributed by atoms with E-state index in [4.69, 9.17) is 34.0 Å². The Labute approximate surface area is 250 Å². The normalized spacial score (nSPS) is 19.1. The third-order valence-electron chi connectivity index (χ3n) is 6.40. The minimum Gasteiger partial charge on any atom is -0.497 e. The molecule has 2 aromatic rings. The van der Waals surface area contributed by atoms with Crippen LogP contribution in [0, 0.1) is 0 Å². The summed E-state index contributed by atoms with van der Waals surface area (Å²) < 4.78 is 34.1. The molecule has 0 amide bonds. The quantitative estimate of drug-likeness (QED) is 0.0634. The lowest BCUT2D eigenvalue weighted by Gasteiger charge is -2.24. The van der Waals surface area contributed by atoms with Crippen LogP contribution in [0.4, 0.5) is 0 Å². The number of rotatable bonds is 15. The van der Waals surface area contributed by atoms with Gasteiger partial charge in [-0.1, -0.05) is 48.5 Å². The number of azide groups is 1. The van der Waals surface area contributed by atoms with Crippen LogP contribution in [0.15, 0.2) is 65.8 Å². The molecule has 230 valence electrons. The highest BCUT2D eigenvalue weighted by molar-refractivity contribution is 5.95. The number of carbonyl (C=O) groups is 2. The van der Waals surface area contributed by atoms with Crippen molar-refractivity contribution in [1.82, 2.24) is 0 Å². The van der Waals surface area contributed by atoms with Crippen LogP contribution in [-0.4, -0.2) is 68.2 Å². The van der Waals surface area contributed by atoms with Crippen LogP contribution in [0.25, 0.3) is 16.5 Å². The minimum atomic E-state index is -1.18.